The van der Waals surface area contributed by atoms with Crippen molar-refractivity contribution < 1.29 is 0 Å². The van der Waals surface area contributed by atoms with Crippen LogP contribution in [0.1, 0.15) is 11.4 Å². The number of rotatable bonds is 4. The number of aryl methyl sites for hydroxylation is 3. The van der Waals surface area contributed by atoms with E-state index in [9.17, 15) is 9.59 Å². The van der Waals surface area contributed by atoms with Gasteiger partial charge in [-0.3, -0.25) is 14.7 Å². The Morgan fingerprint density at radius 2 is 1.63 bits per heavy atom. The number of aromatic nitrogens is 6. The van der Waals surface area contributed by atoms with Crippen LogP contribution in [0.2, 0.25) is 0 Å². The zero-order valence-corrected chi connectivity index (χ0v) is 16.2. The van der Waals surface area contributed by atoms with E-state index < -0.39 is 0 Å². The Morgan fingerprint density at radius 3 is 2.37 bits per heavy atom. The molecule has 148 valence electrons. The Morgan fingerprint density at radius 1 is 0.900 bits per heavy atom. The van der Waals surface area contributed by atoms with Crippen LogP contribution in [0.15, 0.2) is 70.5 Å². The SMILES string of the molecule is Cc1nc(-n2ccc3nc4ccn(CCc5ccccc5)c(=O)c4cc3c2=O)n[nH]1. The molecule has 5 aromatic rings. The van der Waals surface area contributed by atoms with Crippen molar-refractivity contribution in [1.82, 2.24) is 29.3 Å². The van der Waals surface area contributed by atoms with Crippen LogP contribution in [-0.4, -0.2) is 29.3 Å². The molecule has 1 N–H and O–H groups in total. The van der Waals surface area contributed by atoms with Crippen LogP contribution >= 0.6 is 0 Å². The van der Waals surface area contributed by atoms with E-state index in [2.05, 4.69) is 20.2 Å². The van der Waals surface area contributed by atoms with Crippen molar-refractivity contribution in [2.24, 2.45) is 0 Å². The van der Waals surface area contributed by atoms with Gasteiger partial charge in [0.25, 0.3) is 17.1 Å². The largest absolute Gasteiger partial charge is 0.315 e. The summed E-state index contributed by atoms with van der Waals surface area (Å²) >= 11 is 0. The van der Waals surface area contributed by atoms with Gasteiger partial charge in [-0.05, 0) is 37.1 Å². The maximum Gasteiger partial charge on any atom is 0.267 e. The lowest BCUT2D eigenvalue weighted by Crippen LogP contribution is -2.22. The van der Waals surface area contributed by atoms with Gasteiger partial charge in [0, 0.05) is 18.9 Å². The first kappa shape index (κ1) is 18.0. The average molecular weight is 398 g/mol. The Bertz CT molecular complexity index is 1500. The maximum absolute atomic E-state index is 13.0. The monoisotopic (exact) mass is 398 g/mol. The van der Waals surface area contributed by atoms with Gasteiger partial charge < -0.3 is 4.57 Å². The van der Waals surface area contributed by atoms with E-state index in [1.54, 1.807) is 36.0 Å². The first-order chi connectivity index (χ1) is 14.6. The molecule has 0 aliphatic rings. The standard InChI is InChI=1S/C22H18N6O2/c1-14-23-22(26-25-14)28-12-9-19-17(21(28)30)13-16-18(24-19)8-11-27(20(16)29)10-7-15-5-3-2-4-6-15/h2-6,8-9,11-13H,7,10H2,1H3,(H,23,25,26). The smallest absolute Gasteiger partial charge is 0.267 e. The molecule has 4 aromatic heterocycles. The predicted octanol–water partition coefficient (Wildman–Crippen LogP) is 2.37. The highest BCUT2D eigenvalue weighted by Crippen LogP contribution is 2.15. The zero-order chi connectivity index (χ0) is 20.7. The highest BCUT2D eigenvalue weighted by molar-refractivity contribution is 5.91. The maximum atomic E-state index is 13.0. The van der Waals surface area contributed by atoms with Crippen LogP contribution in [0, 0.1) is 6.92 Å². The van der Waals surface area contributed by atoms with E-state index in [1.165, 1.54) is 4.57 Å². The van der Waals surface area contributed by atoms with Crippen molar-refractivity contribution in [1.29, 1.82) is 0 Å². The molecule has 0 amide bonds. The zero-order valence-electron chi connectivity index (χ0n) is 16.2. The number of hydrogen-bond donors (Lipinski definition) is 1. The molecule has 0 unspecified atom stereocenters. The molecule has 0 atom stereocenters. The first-order valence-electron chi connectivity index (χ1n) is 9.59. The van der Waals surface area contributed by atoms with Gasteiger partial charge in [-0.15, -0.1) is 5.10 Å². The fourth-order valence-corrected chi connectivity index (χ4v) is 3.53. The summed E-state index contributed by atoms with van der Waals surface area (Å²) < 4.78 is 3.00. The number of fused-ring (bicyclic) bond motifs is 2. The molecule has 0 aliphatic carbocycles. The molecule has 4 heterocycles. The van der Waals surface area contributed by atoms with Gasteiger partial charge in [0.05, 0.1) is 21.8 Å². The van der Waals surface area contributed by atoms with Crippen molar-refractivity contribution >= 4 is 21.8 Å². The predicted molar refractivity (Wildman–Crippen MR) is 114 cm³/mol. The summed E-state index contributed by atoms with van der Waals surface area (Å²) in [6, 6.07) is 15.2. The van der Waals surface area contributed by atoms with Crippen molar-refractivity contribution in [2.75, 3.05) is 0 Å². The van der Waals surface area contributed by atoms with Crippen LogP contribution in [-0.2, 0) is 13.0 Å². The van der Waals surface area contributed by atoms with E-state index in [1.807, 2.05) is 36.4 Å². The van der Waals surface area contributed by atoms with Gasteiger partial charge in [0.1, 0.15) is 5.82 Å². The molecule has 0 fully saturated rings. The van der Waals surface area contributed by atoms with Gasteiger partial charge in [0.15, 0.2) is 0 Å². The summed E-state index contributed by atoms with van der Waals surface area (Å²) in [5.74, 6) is 0.864. The molecule has 8 heteroatoms. The summed E-state index contributed by atoms with van der Waals surface area (Å²) in [4.78, 5) is 34.8. The van der Waals surface area contributed by atoms with E-state index in [0.29, 0.717) is 34.2 Å². The van der Waals surface area contributed by atoms with Gasteiger partial charge in [-0.2, -0.15) is 4.98 Å². The van der Waals surface area contributed by atoms with Crippen LogP contribution in [0.5, 0.6) is 0 Å². The second-order valence-corrected chi connectivity index (χ2v) is 7.12. The summed E-state index contributed by atoms with van der Waals surface area (Å²) in [6.07, 6.45) is 4.08. The molecule has 0 spiro atoms. The molecule has 0 radical (unpaired) electrons. The van der Waals surface area contributed by atoms with Gasteiger partial charge >= 0.3 is 0 Å². The van der Waals surface area contributed by atoms with Crippen molar-refractivity contribution in [3.63, 3.8) is 0 Å². The molecular weight excluding hydrogens is 380 g/mol. The second-order valence-electron chi connectivity index (χ2n) is 7.12. The number of nitrogens with one attached hydrogen (secondary N) is 1. The van der Waals surface area contributed by atoms with Crippen molar-refractivity contribution in [3.05, 3.63) is 93.0 Å². The molecule has 30 heavy (non-hydrogen) atoms. The number of benzene rings is 1. The molecule has 1 aromatic carbocycles. The molecule has 0 saturated heterocycles. The van der Waals surface area contributed by atoms with Crippen LogP contribution in [0.25, 0.3) is 27.8 Å². The first-order valence-corrected chi connectivity index (χ1v) is 9.59. The summed E-state index contributed by atoms with van der Waals surface area (Å²) in [6.45, 7) is 2.31. The fraction of sp³-hybridized carbons (Fsp3) is 0.136. The van der Waals surface area contributed by atoms with E-state index in [-0.39, 0.29) is 17.1 Å². The van der Waals surface area contributed by atoms with Crippen molar-refractivity contribution in [2.45, 2.75) is 19.9 Å². The molecule has 0 aliphatic heterocycles. The second kappa shape index (κ2) is 7.07. The Balaban J connectivity index is 1.61. The van der Waals surface area contributed by atoms with Gasteiger partial charge in [0.2, 0.25) is 0 Å². The Kier molecular flexibility index (Phi) is 4.24. The topological polar surface area (TPSA) is 98.5 Å². The minimum Gasteiger partial charge on any atom is -0.315 e. The lowest BCUT2D eigenvalue weighted by Gasteiger charge is -2.08. The quantitative estimate of drug-likeness (QED) is 0.469. The average Bonchev–Trinajstić information content (AvgIpc) is 3.19. The third kappa shape index (κ3) is 3.08. The molecule has 5 rings (SSSR count). The normalized spacial score (nSPS) is 11.4. The highest BCUT2D eigenvalue weighted by Gasteiger charge is 2.12. The molecular formula is C22H18N6O2. The summed E-state index contributed by atoms with van der Waals surface area (Å²) in [5, 5.41) is 7.54. The number of pyridine rings is 3. The summed E-state index contributed by atoms with van der Waals surface area (Å²) in [7, 11) is 0. The lowest BCUT2D eigenvalue weighted by atomic mass is 10.1. The van der Waals surface area contributed by atoms with Crippen LogP contribution in [0.4, 0.5) is 0 Å². The molecule has 0 bridgehead atoms. The number of hydrogen-bond acceptors (Lipinski definition) is 5. The fourth-order valence-electron chi connectivity index (χ4n) is 3.53. The number of nitrogens with zero attached hydrogens (tertiary/aromatic N) is 5. The van der Waals surface area contributed by atoms with Gasteiger partial charge in [-0.25, -0.2) is 9.55 Å². The Hall–Kier alpha value is -4.07. The van der Waals surface area contributed by atoms with Crippen LogP contribution in [0.3, 0.4) is 0 Å². The molecule has 8 nitrogen and oxygen atoms in total. The third-order valence-corrected chi connectivity index (χ3v) is 5.10. The number of H-pyrrole nitrogens is 1. The minimum absolute atomic E-state index is 0.165. The van der Waals surface area contributed by atoms with Crippen molar-refractivity contribution in [3.8, 4) is 5.95 Å². The molecule has 0 saturated carbocycles. The van der Waals surface area contributed by atoms with E-state index in [4.69, 9.17) is 0 Å². The Labute approximate surface area is 170 Å². The lowest BCUT2D eigenvalue weighted by molar-refractivity contribution is 0.675. The third-order valence-electron chi connectivity index (χ3n) is 5.10. The van der Waals surface area contributed by atoms with Gasteiger partial charge in [-0.1, -0.05) is 30.3 Å². The summed E-state index contributed by atoms with van der Waals surface area (Å²) in [5.41, 5.74) is 1.76. The number of aromatic amines is 1. The van der Waals surface area contributed by atoms with E-state index in [0.717, 1.165) is 12.0 Å². The highest BCUT2D eigenvalue weighted by atomic mass is 16.1. The van der Waals surface area contributed by atoms with Crippen LogP contribution < -0.4 is 11.1 Å². The van der Waals surface area contributed by atoms with E-state index >= 15 is 0 Å². The minimum atomic E-state index is -0.319.